The number of hydrogen-bond donors (Lipinski definition) is 3. The summed E-state index contributed by atoms with van der Waals surface area (Å²) in [5, 5.41) is 14.8. The van der Waals surface area contributed by atoms with Crippen LogP contribution in [0.3, 0.4) is 0 Å². The highest BCUT2D eigenvalue weighted by Gasteiger charge is 2.18. The highest BCUT2D eigenvalue weighted by Crippen LogP contribution is 2.16. The number of amides is 2. The van der Waals surface area contributed by atoms with Gasteiger partial charge in [-0.2, -0.15) is 0 Å². The van der Waals surface area contributed by atoms with E-state index in [1.807, 2.05) is 30.3 Å². The van der Waals surface area contributed by atoms with Crippen molar-refractivity contribution in [2.45, 2.75) is 25.5 Å². The van der Waals surface area contributed by atoms with E-state index in [0.29, 0.717) is 6.42 Å². The number of rotatable bonds is 5. The molecule has 2 rings (SSSR count). The van der Waals surface area contributed by atoms with Crippen LogP contribution in [0.25, 0.3) is 0 Å². The Kier molecular flexibility index (Phi) is 5.65. The summed E-state index contributed by atoms with van der Waals surface area (Å²) in [4.78, 5) is 11.8. The van der Waals surface area contributed by atoms with Crippen molar-refractivity contribution < 1.29 is 18.7 Å². The van der Waals surface area contributed by atoms with E-state index in [0.717, 1.165) is 11.6 Å². The first kappa shape index (κ1) is 16.9. The van der Waals surface area contributed by atoms with Gasteiger partial charge in [0.25, 0.3) is 0 Å². The topological polar surface area (TPSA) is 61.4 Å². The molecule has 2 aromatic rings. The second-order valence-corrected chi connectivity index (χ2v) is 5.25. The Bertz CT molecular complexity index is 665. The summed E-state index contributed by atoms with van der Waals surface area (Å²) in [6.45, 7) is 1.63. The van der Waals surface area contributed by atoms with Crippen LogP contribution in [0.15, 0.2) is 48.5 Å². The summed E-state index contributed by atoms with van der Waals surface area (Å²) in [5.74, 6) is -2.17. The van der Waals surface area contributed by atoms with Crippen LogP contribution in [0.2, 0.25) is 0 Å². The molecule has 0 saturated heterocycles. The molecule has 2 unspecified atom stereocenters. The van der Waals surface area contributed by atoms with Crippen molar-refractivity contribution in [1.29, 1.82) is 0 Å². The highest BCUT2D eigenvalue weighted by molar-refractivity contribution is 5.89. The Balaban J connectivity index is 1.90. The molecule has 0 spiro atoms. The molecular weight excluding hydrogens is 302 g/mol. The van der Waals surface area contributed by atoms with Gasteiger partial charge >= 0.3 is 6.03 Å². The molecule has 2 atom stereocenters. The molecule has 0 heterocycles. The molecule has 3 N–H and O–H groups in total. The van der Waals surface area contributed by atoms with Gasteiger partial charge in [0.05, 0.1) is 17.8 Å². The van der Waals surface area contributed by atoms with E-state index in [1.54, 1.807) is 6.92 Å². The molecule has 2 aromatic carbocycles. The van der Waals surface area contributed by atoms with Crippen molar-refractivity contribution >= 4 is 11.7 Å². The number of anilines is 1. The molecule has 0 radical (unpaired) electrons. The van der Waals surface area contributed by atoms with Crippen LogP contribution < -0.4 is 10.6 Å². The Morgan fingerprint density at radius 3 is 2.52 bits per heavy atom. The van der Waals surface area contributed by atoms with E-state index in [2.05, 4.69) is 10.6 Å². The fraction of sp³-hybridized carbons (Fsp3) is 0.235. The summed E-state index contributed by atoms with van der Waals surface area (Å²) >= 11 is 0. The van der Waals surface area contributed by atoms with E-state index in [-0.39, 0.29) is 5.69 Å². The summed E-state index contributed by atoms with van der Waals surface area (Å²) in [6.07, 6.45) is -0.433. The normalized spacial score (nSPS) is 13.2. The van der Waals surface area contributed by atoms with E-state index in [4.69, 9.17) is 0 Å². The maximum atomic E-state index is 13.5. The molecular formula is C17H18F2N2O2. The maximum Gasteiger partial charge on any atom is 0.319 e. The molecule has 2 amide bonds. The molecule has 0 aromatic heterocycles. The lowest BCUT2D eigenvalue weighted by molar-refractivity contribution is 0.137. The fourth-order valence-corrected chi connectivity index (χ4v) is 2.09. The van der Waals surface area contributed by atoms with E-state index in [9.17, 15) is 18.7 Å². The van der Waals surface area contributed by atoms with Crippen molar-refractivity contribution in [3.05, 3.63) is 65.7 Å². The molecule has 6 heteroatoms. The number of urea groups is 1. The number of carbonyl (C=O) groups excluding carboxylic acids is 1. The maximum absolute atomic E-state index is 13.5. The fourth-order valence-electron chi connectivity index (χ4n) is 2.09. The van der Waals surface area contributed by atoms with Crippen LogP contribution in [0.1, 0.15) is 12.5 Å². The smallest absolute Gasteiger partial charge is 0.319 e. The van der Waals surface area contributed by atoms with Gasteiger partial charge in [-0.3, -0.25) is 0 Å². The average Bonchev–Trinajstić information content (AvgIpc) is 2.52. The van der Waals surface area contributed by atoms with Gasteiger partial charge in [-0.15, -0.1) is 0 Å². The third-order valence-corrected chi connectivity index (χ3v) is 3.42. The molecule has 4 nitrogen and oxygen atoms in total. The van der Waals surface area contributed by atoms with Gasteiger partial charge < -0.3 is 15.7 Å². The summed E-state index contributed by atoms with van der Waals surface area (Å²) in [7, 11) is 0. The Morgan fingerprint density at radius 2 is 1.83 bits per heavy atom. The van der Waals surface area contributed by atoms with Gasteiger partial charge in [0.15, 0.2) is 11.6 Å². The minimum absolute atomic E-state index is 0.257. The zero-order valence-electron chi connectivity index (χ0n) is 12.6. The third-order valence-electron chi connectivity index (χ3n) is 3.42. The first-order valence-electron chi connectivity index (χ1n) is 7.21. The summed E-state index contributed by atoms with van der Waals surface area (Å²) in [5.41, 5.74) is 0.678. The van der Waals surface area contributed by atoms with Crippen molar-refractivity contribution in [2.24, 2.45) is 0 Å². The van der Waals surface area contributed by atoms with Crippen LogP contribution in [0, 0.1) is 11.6 Å². The van der Waals surface area contributed by atoms with Crippen LogP contribution in [0.4, 0.5) is 19.3 Å². The van der Waals surface area contributed by atoms with Crippen molar-refractivity contribution in [2.75, 3.05) is 5.32 Å². The first-order chi connectivity index (χ1) is 11.0. The predicted molar refractivity (Wildman–Crippen MR) is 84.1 cm³/mol. The lowest BCUT2D eigenvalue weighted by atomic mass is 10.0. The summed E-state index contributed by atoms with van der Waals surface area (Å²) < 4.78 is 26.6. The zero-order chi connectivity index (χ0) is 16.8. The third kappa shape index (κ3) is 4.75. The minimum atomic E-state index is -1.12. The van der Waals surface area contributed by atoms with Gasteiger partial charge in [0.1, 0.15) is 0 Å². The Labute approximate surface area is 133 Å². The molecule has 122 valence electrons. The highest BCUT2D eigenvalue weighted by atomic mass is 19.2. The number of aliphatic hydroxyl groups excluding tert-OH is 1. The second-order valence-electron chi connectivity index (χ2n) is 5.25. The molecule has 0 fully saturated rings. The molecule has 0 bridgehead atoms. The number of aliphatic hydroxyl groups is 1. The molecule has 0 aliphatic rings. The quantitative estimate of drug-likeness (QED) is 0.793. The van der Waals surface area contributed by atoms with Crippen molar-refractivity contribution in [3.8, 4) is 0 Å². The number of carbonyl (C=O) groups is 1. The number of nitrogens with one attached hydrogen (secondary N) is 2. The number of hydrogen-bond acceptors (Lipinski definition) is 2. The Morgan fingerprint density at radius 1 is 1.13 bits per heavy atom. The number of halogens is 2. The van der Waals surface area contributed by atoms with Crippen LogP contribution in [-0.4, -0.2) is 23.3 Å². The van der Waals surface area contributed by atoms with Gasteiger partial charge in [0.2, 0.25) is 0 Å². The SMILES string of the molecule is CC(NC(=O)Nc1cccc(F)c1F)C(O)Cc1ccccc1. The van der Waals surface area contributed by atoms with Gasteiger partial charge in [-0.1, -0.05) is 36.4 Å². The van der Waals surface area contributed by atoms with Crippen LogP contribution in [-0.2, 0) is 6.42 Å². The van der Waals surface area contributed by atoms with Crippen LogP contribution >= 0.6 is 0 Å². The lowest BCUT2D eigenvalue weighted by Crippen LogP contribution is -2.44. The second kappa shape index (κ2) is 7.69. The van der Waals surface area contributed by atoms with Crippen molar-refractivity contribution in [3.63, 3.8) is 0 Å². The lowest BCUT2D eigenvalue weighted by Gasteiger charge is -2.20. The molecule has 0 aliphatic heterocycles. The predicted octanol–water partition coefficient (Wildman–Crippen LogP) is 3.08. The number of benzene rings is 2. The van der Waals surface area contributed by atoms with E-state index < -0.39 is 29.8 Å². The zero-order valence-corrected chi connectivity index (χ0v) is 12.6. The van der Waals surface area contributed by atoms with E-state index >= 15 is 0 Å². The average molecular weight is 320 g/mol. The molecule has 0 aliphatic carbocycles. The van der Waals surface area contributed by atoms with Crippen LogP contribution in [0.5, 0.6) is 0 Å². The largest absolute Gasteiger partial charge is 0.391 e. The standard InChI is InChI=1S/C17H18F2N2O2/c1-11(15(22)10-12-6-3-2-4-7-12)20-17(23)21-14-9-5-8-13(18)16(14)19/h2-9,11,15,22H,10H2,1H3,(H2,20,21,23). The molecule has 0 saturated carbocycles. The summed E-state index contributed by atoms with van der Waals surface area (Å²) in [6, 6.07) is 11.6. The van der Waals surface area contributed by atoms with Gasteiger partial charge in [-0.05, 0) is 24.6 Å². The Hall–Kier alpha value is -2.47. The monoisotopic (exact) mass is 320 g/mol. The van der Waals surface area contributed by atoms with E-state index in [1.165, 1.54) is 12.1 Å². The minimum Gasteiger partial charge on any atom is -0.391 e. The molecule has 23 heavy (non-hydrogen) atoms. The van der Waals surface area contributed by atoms with Gasteiger partial charge in [0, 0.05) is 6.42 Å². The first-order valence-corrected chi connectivity index (χ1v) is 7.21. The van der Waals surface area contributed by atoms with Gasteiger partial charge in [-0.25, -0.2) is 13.6 Å². The van der Waals surface area contributed by atoms with Crippen molar-refractivity contribution in [1.82, 2.24) is 5.32 Å².